The van der Waals surface area contributed by atoms with Gasteiger partial charge in [0.25, 0.3) is 0 Å². The van der Waals surface area contributed by atoms with Crippen LogP contribution < -0.4 is 0 Å². The van der Waals surface area contributed by atoms with E-state index in [2.05, 4.69) is 29.4 Å². The minimum atomic E-state index is -0.471. The molecule has 1 aromatic heterocycles. The minimum Gasteiger partial charge on any atom is -0.389 e. The molecule has 1 N–H and O–H groups in total. The Morgan fingerprint density at radius 1 is 1.33 bits per heavy atom. The molecule has 0 aliphatic heterocycles. The fraction of sp³-hybridized carbons (Fsp3) is 0.750. The van der Waals surface area contributed by atoms with Crippen molar-refractivity contribution >= 4 is 0 Å². The molecule has 122 valence electrons. The zero-order valence-electron chi connectivity index (χ0n) is 13.8. The Labute approximate surface area is 128 Å². The molecule has 1 atom stereocenters. The van der Waals surface area contributed by atoms with Crippen LogP contribution in [-0.2, 0) is 23.1 Å². The summed E-state index contributed by atoms with van der Waals surface area (Å²) in [5.41, 5.74) is 1.22. The molecule has 1 heterocycles. The monoisotopic (exact) mass is 298 g/mol. The van der Waals surface area contributed by atoms with Crippen LogP contribution in [-0.4, -0.2) is 60.7 Å². The molecule has 0 radical (unpaired) electrons. The van der Waals surface area contributed by atoms with Gasteiger partial charge in [0.1, 0.15) is 0 Å². The normalized spacial score (nSPS) is 13.3. The third-order valence-electron chi connectivity index (χ3n) is 3.28. The molecule has 0 unspecified atom stereocenters. The van der Waals surface area contributed by atoms with Crippen molar-refractivity contribution in [3.8, 4) is 0 Å². The number of aliphatic hydroxyl groups excluding tert-OH is 1. The second-order valence-electron chi connectivity index (χ2n) is 5.92. The van der Waals surface area contributed by atoms with Crippen LogP contribution in [0.15, 0.2) is 18.3 Å². The highest BCUT2D eigenvalue weighted by Crippen LogP contribution is 2.06. The average Bonchev–Trinajstić information content (AvgIpc) is 2.81. The summed E-state index contributed by atoms with van der Waals surface area (Å²) in [6, 6.07) is 4.13. The van der Waals surface area contributed by atoms with Crippen LogP contribution in [0.1, 0.15) is 19.5 Å². The summed E-state index contributed by atoms with van der Waals surface area (Å²) in [6.07, 6.45) is 1.56. The van der Waals surface area contributed by atoms with E-state index in [4.69, 9.17) is 9.47 Å². The number of ether oxygens (including phenoxy) is 2. The van der Waals surface area contributed by atoms with E-state index in [1.54, 1.807) is 7.11 Å². The van der Waals surface area contributed by atoms with Crippen molar-refractivity contribution in [1.29, 1.82) is 0 Å². The van der Waals surface area contributed by atoms with Gasteiger partial charge < -0.3 is 19.1 Å². The Bertz CT molecular complexity index is 379. The van der Waals surface area contributed by atoms with Crippen molar-refractivity contribution < 1.29 is 14.6 Å². The summed E-state index contributed by atoms with van der Waals surface area (Å²) in [6.45, 7) is 8.12. The Morgan fingerprint density at radius 2 is 2.10 bits per heavy atom. The smallest absolute Gasteiger partial charge is 0.0900 e. The van der Waals surface area contributed by atoms with Crippen LogP contribution in [0.4, 0.5) is 0 Å². The Balaban J connectivity index is 2.43. The van der Waals surface area contributed by atoms with Gasteiger partial charge in [-0.2, -0.15) is 0 Å². The summed E-state index contributed by atoms with van der Waals surface area (Å²) in [4.78, 5) is 2.20. The lowest BCUT2D eigenvalue weighted by molar-refractivity contribution is 0.00304. The lowest BCUT2D eigenvalue weighted by atomic mass is 10.2. The maximum absolute atomic E-state index is 10.1. The quantitative estimate of drug-likeness (QED) is 0.673. The van der Waals surface area contributed by atoms with Gasteiger partial charge >= 0.3 is 0 Å². The molecule has 0 fully saturated rings. The third kappa shape index (κ3) is 7.62. The lowest BCUT2D eigenvalue weighted by Crippen LogP contribution is -2.37. The molecule has 0 saturated carbocycles. The van der Waals surface area contributed by atoms with Crippen LogP contribution in [0.25, 0.3) is 0 Å². The number of aromatic nitrogens is 1. The molecule has 5 heteroatoms. The van der Waals surface area contributed by atoms with Gasteiger partial charge in [-0.1, -0.05) is 13.8 Å². The second kappa shape index (κ2) is 9.95. The third-order valence-corrected chi connectivity index (χ3v) is 3.28. The fourth-order valence-electron chi connectivity index (χ4n) is 2.14. The first-order chi connectivity index (χ1) is 10.0. The number of aryl methyl sites for hydroxylation is 1. The molecule has 0 aliphatic rings. The molecule has 0 amide bonds. The highest BCUT2D eigenvalue weighted by Gasteiger charge is 2.14. The molecule has 0 bridgehead atoms. The maximum atomic E-state index is 10.1. The predicted molar refractivity (Wildman–Crippen MR) is 84.2 cm³/mol. The minimum absolute atomic E-state index is 0.384. The van der Waals surface area contributed by atoms with E-state index in [0.29, 0.717) is 32.3 Å². The molecule has 5 nitrogen and oxygen atoms in total. The summed E-state index contributed by atoms with van der Waals surface area (Å²) in [5.74, 6) is 0.491. The zero-order chi connectivity index (χ0) is 15.7. The van der Waals surface area contributed by atoms with Gasteiger partial charge in [0.05, 0.1) is 19.3 Å². The highest BCUT2D eigenvalue weighted by atomic mass is 16.5. The number of aliphatic hydroxyl groups is 1. The van der Waals surface area contributed by atoms with Gasteiger partial charge in [-0.15, -0.1) is 0 Å². The lowest BCUT2D eigenvalue weighted by Gasteiger charge is -2.25. The molecule has 1 rings (SSSR count). The summed E-state index contributed by atoms with van der Waals surface area (Å²) >= 11 is 0. The molecular weight excluding hydrogens is 268 g/mol. The van der Waals surface area contributed by atoms with Crippen LogP contribution in [0.3, 0.4) is 0 Å². The van der Waals surface area contributed by atoms with Gasteiger partial charge in [-0.05, 0) is 18.1 Å². The molecule has 0 saturated heterocycles. The van der Waals surface area contributed by atoms with E-state index in [0.717, 1.165) is 13.1 Å². The maximum Gasteiger partial charge on any atom is 0.0900 e. The summed E-state index contributed by atoms with van der Waals surface area (Å²) in [5, 5.41) is 10.1. The fourth-order valence-corrected chi connectivity index (χ4v) is 2.14. The average molecular weight is 298 g/mol. The van der Waals surface area contributed by atoms with Crippen molar-refractivity contribution in [2.75, 3.05) is 40.0 Å². The van der Waals surface area contributed by atoms with Gasteiger partial charge in [-0.3, -0.25) is 4.90 Å². The van der Waals surface area contributed by atoms with Crippen molar-refractivity contribution in [2.24, 2.45) is 13.0 Å². The van der Waals surface area contributed by atoms with Crippen molar-refractivity contribution in [3.63, 3.8) is 0 Å². The van der Waals surface area contributed by atoms with Gasteiger partial charge in [-0.25, -0.2) is 0 Å². The molecule has 0 aromatic carbocycles. The first-order valence-corrected chi connectivity index (χ1v) is 7.60. The predicted octanol–water partition coefficient (Wildman–Crippen LogP) is 1.51. The number of hydrogen-bond donors (Lipinski definition) is 1. The highest BCUT2D eigenvalue weighted by molar-refractivity contribution is 5.06. The second-order valence-corrected chi connectivity index (χ2v) is 5.92. The Kier molecular flexibility index (Phi) is 8.61. The van der Waals surface area contributed by atoms with Crippen LogP contribution in [0.5, 0.6) is 0 Å². The Morgan fingerprint density at radius 3 is 2.67 bits per heavy atom. The summed E-state index contributed by atoms with van der Waals surface area (Å²) < 4.78 is 12.8. The zero-order valence-corrected chi connectivity index (χ0v) is 13.8. The van der Waals surface area contributed by atoms with E-state index in [-0.39, 0.29) is 0 Å². The van der Waals surface area contributed by atoms with Crippen molar-refractivity contribution in [2.45, 2.75) is 26.5 Å². The van der Waals surface area contributed by atoms with E-state index in [1.807, 2.05) is 19.3 Å². The molecule has 0 aliphatic carbocycles. The SMILES string of the molecule is COCCN(Cc1cccn1C)C[C@@H](O)COCC(C)C. The van der Waals surface area contributed by atoms with Crippen molar-refractivity contribution in [3.05, 3.63) is 24.0 Å². The number of rotatable bonds is 11. The van der Waals surface area contributed by atoms with E-state index in [1.165, 1.54) is 5.69 Å². The van der Waals surface area contributed by atoms with E-state index < -0.39 is 6.10 Å². The van der Waals surface area contributed by atoms with Crippen LogP contribution in [0.2, 0.25) is 0 Å². The van der Waals surface area contributed by atoms with Crippen LogP contribution >= 0.6 is 0 Å². The van der Waals surface area contributed by atoms with Gasteiger partial charge in [0.15, 0.2) is 0 Å². The summed E-state index contributed by atoms with van der Waals surface area (Å²) in [7, 11) is 3.73. The first kappa shape index (κ1) is 18.2. The van der Waals surface area contributed by atoms with E-state index >= 15 is 0 Å². The first-order valence-electron chi connectivity index (χ1n) is 7.60. The molecular formula is C16H30N2O3. The number of methoxy groups -OCH3 is 1. The molecule has 21 heavy (non-hydrogen) atoms. The number of hydrogen-bond acceptors (Lipinski definition) is 4. The standard InChI is InChI=1S/C16H30N2O3/c1-14(2)12-21-13-16(19)11-18(8-9-20-4)10-15-6-5-7-17(15)3/h5-7,14,16,19H,8-13H2,1-4H3/t16-/m1/s1. The number of nitrogens with zero attached hydrogens (tertiary/aromatic N) is 2. The topological polar surface area (TPSA) is 46.9 Å². The molecule has 1 aromatic rings. The van der Waals surface area contributed by atoms with Gasteiger partial charge in [0, 0.05) is 52.3 Å². The molecule has 0 spiro atoms. The Hall–Kier alpha value is -0.880. The largest absolute Gasteiger partial charge is 0.389 e. The van der Waals surface area contributed by atoms with Crippen molar-refractivity contribution in [1.82, 2.24) is 9.47 Å². The van der Waals surface area contributed by atoms with E-state index in [9.17, 15) is 5.11 Å². The van der Waals surface area contributed by atoms with Gasteiger partial charge in [0.2, 0.25) is 0 Å². The van der Waals surface area contributed by atoms with Crippen LogP contribution in [0, 0.1) is 5.92 Å².